The van der Waals surface area contributed by atoms with Crippen LogP contribution in [0.4, 0.5) is 25.8 Å². The van der Waals surface area contributed by atoms with E-state index in [4.69, 9.17) is 5.73 Å². The molecule has 0 saturated carbocycles. The van der Waals surface area contributed by atoms with Crippen LogP contribution in [0.2, 0.25) is 0 Å². The fourth-order valence-electron chi connectivity index (χ4n) is 2.09. The van der Waals surface area contributed by atoms with E-state index in [-0.39, 0.29) is 5.69 Å². The second-order valence-corrected chi connectivity index (χ2v) is 5.45. The van der Waals surface area contributed by atoms with Crippen LogP contribution in [0.1, 0.15) is 0 Å². The number of hydrogen-bond donors (Lipinski definition) is 2. The first kappa shape index (κ1) is 13.8. The Balaban J connectivity index is 2.15. The first-order valence-electron chi connectivity index (χ1n) is 6.10. The fourth-order valence-corrected chi connectivity index (χ4v) is 2.45. The molecule has 0 spiro atoms. The Labute approximate surface area is 127 Å². The predicted octanol–water partition coefficient (Wildman–Crippen LogP) is 4.60. The maximum Gasteiger partial charge on any atom is 0.128 e. The molecule has 0 unspecified atom stereocenters. The number of pyridine rings is 1. The minimum atomic E-state index is -0.657. The number of nitrogens with zero attached hydrogens (tertiary/aromatic N) is 1. The topological polar surface area (TPSA) is 50.9 Å². The second kappa shape index (κ2) is 5.29. The number of nitrogen functional groups attached to an aromatic ring is 1. The van der Waals surface area contributed by atoms with Gasteiger partial charge in [0, 0.05) is 21.6 Å². The molecule has 0 radical (unpaired) electrons. The molecule has 0 saturated heterocycles. The number of fused-ring (bicyclic) bond motifs is 1. The van der Waals surface area contributed by atoms with Gasteiger partial charge in [-0.15, -0.1) is 0 Å². The van der Waals surface area contributed by atoms with Crippen molar-refractivity contribution in [1.82, 2.24) is 4.98 Å². The van der Waals surface area contributed by atoms with Crippen molar-refractivity contribution < 1.29 is 8.78 Å². The Morgan fingerprint density at radius 3 is 2.48 bits per heavy atom. The molecule has 3 nitrogen and oxygen atoms in total. The molecule has 3 N–H and O–H groups in total. The highest BCUT2D eigenvalue weighted by Crippen LogP contribution is 2.32. The molecule has 0 aliphatic rings. The summed E-state index contributed by atoms with van der Waals surface area (Å²) in [6.45, 7) is 0. The Kier molecular flexibility index (Phi) is 3.47. The van der Waals surface area contributed by atoms with Crippen LogP contribution in [0, 0.1) is 11.6 Å². The number of benzene rings is 2. The standard InChI is InChI=1S/C15H10BrF2N3/c16-8-1-2-14-12(3-8)15(13(19)7-20-14)21-11-5-9(17)4-10(18)6-11/h1-7H,19H2,(H,20,21). The van der Waals surface area contributed by atoms with E-state index in [9.17, 15) is 8.78 Å². The van der Waals surface area contributed by atoms with Gasteiger partial charge in [0.25, 0.3) is 0 Å². The number of anilines is 3. The highest BCUT2D eigenvalue weighted by atomic mass is 79.9. The van der Waals surface area contributed by atoms with Crippen LogP contribution in [0.5, 0.6) is 0 Å². The summed E-state index contributed by atoms with van der Waals surface area (Å²) in [5.74, 6) is -1.31. The van der Waals surface area contributed by atoms with Crippen LogP contribution in [-0.2, 0) is 0 Å². The molecule has 6 heteroatoms. The van der Waals surface area contributed by atoms with Gasteiger partial charge in [-0.25, -0.2) is 8.78 Å². The Morgan fingerprint density at radius 2 is 1.76 bits per heavy atom. The zero-order valence-electron chi connectivity index (χ0n) is 10.7. The molecule has 106 valence electrons. The average Bonchev–Trinajstić information content (AvgIpc) is 2.41. The van der Waals surface area contributed by atoms with Crippen LogP contribution in [0.3, 0.4) is 0 Å². The third-order valence-corrected chi connectivity index (χ3v) is 3.48. The molecule has 0 fully saturated rings. The monoisotopic (exact) mass is 349 g/mol. The summed E-state index contributed by atoms with van der Waals surface area (Å²) >= 11 is 3.38. The van der Waals surface area contributed by atoms with E-state index >= 15 is 0 Å². The number of nitrogens with one attached hydrogen (secondary N) is 1. The van der Waals surface area contributed by atoms with Gasteiger partial charge in [0.15, 0.2) is 0 Å². The third-order valence-electron chi connectivity index (χ3n) is 2.99. The quantitative estimate of drug-likeness (QED) is 0.710. The fraction of sp³-hybridized carbons (Fsp3) is 0. The van der Waals surface area contributed by atoms with E-state index in [2.05, 4.69) is 26.2 Å². The lowest BCUT2D eigenvalue weighted by Crippen LogP contribution is -1.99. The number of nitrogens with two attached hydrogens (primary N) is 1. The van der Waals surface area contributed by atoms with Crippen molar-refractivity contribution in [2.45, 2.75) is 0 Å². The van der Waals surface area contributed by atoms with Crippen molar-refractivity contribution in [3.63, 3.8) is 0 Å². The normalized spacial score (nSPS) is 10.8. The summed E-state index contributed by atoms with van der Waals surface area (Å²) in [5.41, 5.74) is 7.90. The van der Waals surface area contributed by atoms with Crippen molar-refractivity contribution in [1.29, 1.82) is 0 Å². The van der Waals surface area contributed by atoms with Crippen LogP contribution < -0.4 is 11.1 Å². The van der Waals surface area contributed by atoms with Gasteiger partial charge in [-0.05, 0) is 30.3 Å². The third kappa shape index (κ3) is 2.80. The van der Waals surface area contributed by atoms with Gasteiger partial charge in [-0.1, -0.05) is 15.9 Å². The highest BCUT2D eigenvalue weighted by Gasteiger charge is 2.09. The van der Waals surface area contributed by atoms with E-state index in [1.54, 1.807) is 0 Å². The SMILES string of the molecule is Nc1cnc2ccc(Br)cc2c1Nc1cc(F)cc(F)c1. The molecule has 3 aromatic rings. The summed E-state index contributed by atoms with van der Waals surface area (Å²) in [4.78, 5) is 4.23. The summed E-state index contributed by atoms with van der Waals surface area (Å²) < 4.78 is 27.4. The zero-order valence-corrected chi connectivity index (χ0v) is 12.3. The molecule has 0 amide bonds. The van der Waals surface area contributed by atoms with Gasteiger partial charge in [0.2, 0.25) is 0 Å². The van der Waals surface area contributed by atoms with Gasteiger partial charge in [0.1, 0.15) is 11.6 Å². The van der Waals surface area contributed by atoms with E-state index in [1.165, 1.54) is 18.3 Å². The molecule has 0 aliphatic carbocycles. The van der Waals surface area contributed by atoms with Crippen LogP contribution in [0.25, 0.3) is 10.9 Å². The molecular weight excluding hydrogens is 340 g/mol. The molecule has 0 aliphatic heterocycles. The minimum absolute atomic E-state index is 0.284. The Morgan fingerprint density at radius 1 is 1.05 bits per heavy atom. The lowest BCUT2D eigenvalue weighted by Gasteiger charge is -2.13. The number of rotatable bonds is 2. The average molecular weight is 350 g/mol. The molecule has 1 aromatic heterocycles. The van der Waals surface area contributed by atoms with Crippen molar-refractivity contribution in [2.24, 2.45) is 0 Å². The molecule has 1 heterocycles. The molecule has 21 heavy (non-hydrogen) atoms. The lowest BCUT2D eigenvalue weighted by molar-refractivity contribution is 0.584. The maximum absolute atomic E-state index is 13.3. The number of hydrogen-bond acceptors (Lipinski definition) is 3. The molecular formula is C15H10BrF2N3. The first-order chi connectivity index (χ1) is 10.0. The molecule has 3 rings (SSSR count). The second-order valence-electron chi connectivity index (χ2n) is 4.53. The Hall–Kier alpha value is -2.21. The molecule has 2 aromatic carbocycles. The van der Waals surface area contributed by atoms with E-state index in [0.29, 0.717) is 11.4 Å². The van der Waals surface area contributed by atoms with Gasteiger partial charge in [-0.3, -0.25) is 4.98 Å². The summed E-state index contributed by atoms with van der Waals surface area (Å²) in [6, 6.07) is 8.75. The van der Waals surface area contributed by atoms with Crippen molar-refractivity contribution >= 4 is 43.9 Å². The predicted molar refractivity (Wildman–Crippen MR) is 83.5 cm³/mol. The zero-order chi connectivity index (χ0) is 15.0. The highest BCUT2D eigenvalue weighted by molar-refractivity contribution is 9.10. The number of aromatic nitrogens is 1. The van der Waals surface area contributed by atoms with Gasteiger partial charge in [0.05, 0.1) is 23.1 Å². The largest absolute Gasteiger partial charge is 0.396 e. The summed E-state index contributed by atoms with van der Waals surface area (Å²) in [6.07, 6.45) is 1.51. The molecule has 0 atom stereocenters. The minimum Gasteiger partial charge on any atom is -0.396 e. The number of halogens is 3. The van der Waals surface area contributed by atoms with Crippen molar-refractivity contribution in [3.8, 4) is 0 Å². The van der Waals surface area contributed by atoms with Crippen molar-refractivity contribution in [2.75, 3.05) is 11.1 Å². The van der Waals surface area contributed by atoms with Gasteiger partial charge >= 0.3 is 0 Å². The van der Waals surface area contributed by atoms with Gasteiger partial charge < -0.3 is 11.1 Å². The summed E-state index contributed by atoms with van der Waals surface area (Å²) in [5, 5.41) is 3.72. The van der Waals surface area contributed by atoms with Crippen LogP contribution in [0.15, 0.2) is 47.1 Å². The smallest absolute Gasteiger partial charge is 0.128 e. The van der Waals surface area contributed by atoms with Crippen LogP contribution in [-0.4, -0.2) is 4.98 Å². The maximum atomic E-state index is 13.3. The van der Waals surface area contributed by atoms with E-state index in [1.807, 2.05) is 18.2 Å². The van der Waals surface area contributed by atoms with E-state index in [0.717, 1.165) is 21.4 Å². The summed E-state index contributed by atoms with van der Waals surface area (Å²) in [7, 11) is 0. The van der Waals surface area contributed by atoms with Crippen LogP contribution >= 0.6 is 15.9 Å². The van der Waals surface area contributed by atoms with Crippen molar-refractivity contribution in [3.05, 3.63) is 58.7 Å². The molecule has 0 bridgehead atoms. The lowest BCUT2D eigenvalue weighted by atomic mass is 10.1. The van der Waals surface area contributed by atoms with E-state index < -0.39 is 11.6 Å². The first-order valence-corrected chi connectivity index (χ1v) is 6.89. The van der Waals surface area contributed by atoms with Gasteiger partial charge in [-0.2, -0.15) is 0 Å². The Bertz CT molecular complexity index is 811.